The summed E-state index contributed by atoms with van der Waals surface area (Å²) in [6.07, 6.45) is 72.9. The number of carbonyl (C=O) groups is 4. The van der Waals surface area contributed by atoms with Crippen LogP contribution >= 0.6 is 15.6 Å². The molecule has 614 valence electrons. The van der Waals surface area contributed by atoms with E-state index in [0.29, 0.717) is 25.7 Å². The summed E-state index contributed by atoms with van der Waals surface area (Å²) in [7, 11) is -9.94. The van der Waals surface area contributed by atoms with Crippen LogP contribution in [0, 0.1) is 5.92 Å². The van der Waals surface area contributed by atoms with Crippen molar-refractivity contribution in [2.24, 2.45) is 5.92 Å². The summed E-state index contributed by atoms with van der Waals surface area (Å²) >= 11 is 0. The molecule has 104 heavy (non-hydrogen) atoms. The molecular formula is C85H162O17P2. The van der Waals surface area contributed by atoms with Gasteiger partial charge in [-0.2, -0.15) is 0 Å². The zero-order chi connectivity index (χ0) is 76.2. The molecule has 0 bridgehead atoms. The summed E-state index contributed by atoms with van der Waals surface area (Å²) in [4.78, 5) is 73.2. The first-order valence-corrected chi connectivity index (χ1v) is 46.4. The number of ether oxygens (including phenoxy) is 4. The standard InChI is InChI=1S/C85H162O17P2/c1-6-9-12-15-18-21-24-27-29-30-31-35-39-44-49-54-59-64-69-83(88)96-75-81(102-85(90)71-66-61-56-51-46-41-36-32-34-38-42-47-52-57-62-67-78(4)5)77-100-104(93,94)98-73-79(86)72-97-103(91,92)99-76-80(74-95-82(87)68-63-58-53-48-43-37-26-23-20-17-14-11-8-3)101-84(89)70-65-60-55-50-45-40-33-28-25-22-19-16-13-10-7-2/h22,25,28,33,78-81,86H,6-21,23-24,26-27,29-32,34-77H2,1-5H3,(H,91,92)(H,93,94)/b25-22-,33-28-/t79-,80+,81+/m0/s1. The SMILES string of the molecule is CCCCCC/C=C\C=C/CCCCCCCC(=O)O[C@H](COC(=O)CCCCCCCCCCCCCCC)COP(=O)(O)OC[C@H](O)COP(=O)(O)OC[C@@H](COC(=O)CCCCCCCCCCCCCCCCCCCC)OC(=O)CCCCCCCCCCCCCCCCCC(C)C. The molecule has 0 fully saturated rings. The molecular weight excluding hydrogens is 1350 g/mol. The monoisotopic (exact) mass is 1520 g/mol. The van der Waals surface area contributed by atoms with E-state index in [1.54, 1.807) is 0 Å². The Morgan fingerprint density at radius 1 is 0.298 bits per heavy atom. The Morgan fingerprint density at radius 2 is 0.519 bits per heavy atom. The van der Waals surface area contributed by atoms with Crippen molar-refractivity contribution >= 4 is 39.5 Å². The number of unbranched alkanes of at least 4 members (excludes halogenated alkanes) is 52. The molecule has 0 amide bonds. The molecule has 0 spiro atoms. The maximum atomic E-state index is 13.1. The topological polar surface area (TPSA) is 237 Å². The van der Waals surface area contributed by atoms with E-state index in [9.17, 15) is 43.2 Å². The first kappa shape index (κ1) is 102. The van der Waals surface area contributed by atoms with E-state index in [0.717, 1.165) is 109 Å². The largest absolute Gasteiger partial charge is 0.472 e. The van der Waals surface area contributed by atoms with Crippen LogP contribution in [0.2, 0.25) is 0 Å². The Kier molecular flexibility index (Phi) is 75.4. The minimum absolute atomic E-state index is 0.0859. The summed E-state index contributed by atoms with van der Waals surface area (Å²) in [5.74, 6) is -1.33. The number of hydrogen-bond donors (Lipinski definition) is 3. The normalized spacial score (nSPS) is 13.9. The van der Waals surface area contributed by atoms with E-state index in [2.05, 4.69) is 58.9 Å². The number of aliphatic hydroxyl groups excluding tert-OH is 1. The highest BCUT2D eigenvalue weighted by Crippen LogP contribution is 2.45. The van der Waals surface area contributed by atoms with Gasteiger partial charge in [0.15, 0.2) is 12.2 Å². The highest BCUT2D eigenvalue weighted by molar-refractivity contribution is 7.47. The fourth-order valence-corrected chi connectivity index (χ4v) is 14.3. The van der Waals surface area contributed by atoms with E-state index in [1.165, 1.54) is 244 Å². The van der Waals surface area contributed by atoms with Crippen molar-refractivity contribution < 1.29 is 80.2 Å². The number of carbonyl (C=O) groups excluding carboxylic acids is 4. The molecule has 0 aliphatic rings. The number of esters is 4. The van der Waals surface area contributed by atoms with Crippen molar-refractivity contribution in [3.63, 3.8) is 0 Å². The van der Waals surface area contributed by atoms with Crippen LogP contribution in [0.4, 0.5) is 0 Å². The average Bonchev–Trinajstić information content (AvgIpc) is 0.903. The van der Waals surface area contributed by atoms with Crippen LogP contribution < -0.4 is 0 Å². The van der Waals surface area contributed by atoms with Crippen molar-refractivity contribution in [2.75, 3.05) is 39.6 Å². The number of phosphoric ester groups is 2. The van der Waals surface area contributed by atoms with E-state index in [1.807, 2.05) is 0 Å². The zero-order valence-corrected chi connectivity index (χ0v) is 69.4. The second kappa shape index (κ2) is 77.3. The highest BCUT2D eigenvalue weighted by atomic mass is 31.2. The molecule has 17 nitrogen and oxygen atoms in total. The second-order valence-electron chi connectivity index (χ2n) is 30.4. The molecule has 3 N–H and O–H groups in total. The van der Waals surface area contributed by atoms with Gasteiger partial charge in [-0.3, -0.25) is 37.3 Å². The van der Waals surface area contributed by atoms with Gasteiger partial charge >= 0.3 is 39.5 Å². The van der Waals surface area contributed by atoms with Crippen LogP contribution in [-0.4, -0.2) is 96.7 Å². The summed E-state index contributed by atoms with van der Waals surface area (Å²) < 4.78 is 68.8. The van der Waals surface area contributed by atoms with E-state index >= 15 is 0 Å². The number of rotatable bonds is 83. The van der Waals surface area contributed by atoms with Crippen molar-refractivity contribution in [1.82, 2.24) is 0 Å². The minimum Gasteiger partial charge on any atom is -0.462 e. The van der Waals surface area contributed by atoms with Gasteiger partial charge in [-0.05, 0) is 57.3 Å². The molecule has 0 aliphatic heterocycles. The number of aliphatic hydroxyl groups is 1. The third-order valence-corrected chi connectivity index (χ3v) is 21.3. The molecule has 0 aromatic heterocycles. The quantitative estimate of drug-likeness (QED) is 0.0169. The third-order valence-electron chi connectivity index (χ3n) is 19.4. The molecule has 0 aromatic rings. The van der Waals surface area contributed by atoms with Gasteiger partial charge in [-0.25, -0.2) is 9.13 Å². The lowest BCUT2D eigenvalue weighted by Gasteiger charge is -2.21. The molecule has 0 saturated carbocycles. The zero-order valence-electron chi connectivity index (χ0n) is 67.7. The summed E-state index contributed by atoms with van der Waals surface area (Å²) in [5.41, 5.74) is 0. The van der Waals surface area contributed by atoms with Gasteiger partial charge in [0.25, 0.3) is 0 Å². The highest BCUT2D eigenvalue weighted by Gasteiger charge is 2.30. The molecule has 0 radical (unpaired) electrons. The Bertz CT molecular complexity index is 2070. The molecule has 2 unspecified atom stereocenters. The van der Waals surface area contributed by atoms with Gasteiger partial charge in [0.2, 0.25) is 0 Å². The van der Waals surface area contributed by atoms with Gasteiger partial charge in [0.1, 0.15) is 19.3 Å². The molecule has 19 heteroatoms. The van der Waals surface area contributed by atoms with Crippen LogP contribution in [0.15, 0.2) is 24.3 Å². The number of hydrogen-bond acceptors (Lipinski definition) is 15. The minimum atomic E-state index is -4.97. The smallest absolute Gasteiger partial charge is 0.462 e. The average molecular weight is 1520 g/mol. The van der Waals surface area contributed by atoms with Crippen LogP contribution in [0.1, 0.15) is 433 Å². The van der Waals surface area contributed by atoms with E-state index in [-0.39, 0.29) is 25.7 Å². The Labute approximate surface area is 637 Å². The number of phosphoric acid groups is 2. The predicted octanol–water partition coefficient (Wildman–Crippen LogP) is 25.5. The van der Waals surface area contributed by atoms with Crippen molar-refractivity contribution in [3.8, 4) is 0 Å². The maximum absolute atomic E-state index is 13.1. The fraction of sp³-hybridized carbons (Fsp3) is 0.906. The molecule has 0 aliphatic carbocycles. The van der Waals surface area contributed by atoms with Gasteiger partial charge in [0.05, 0.1) is 26.4 Å². The lowest BCUT2D eigenvalue weighted by Crippen LogP contribution is -2.30. The van der Waals surface area contributed by atoms with Crippen LogP contribution in [0.5, 0.6) is 0 Å². The fourth-order valence-electron chi connectivity index (χ4n) is 12.8. The second-order valence-corrected chi connectivity index (χ2v) is 33.3. The van der Waals surface area contributed by atoms with E-state index in [4.69, 9.17) is 37.0 Å². The summed E-state index contributed by atoms with van der Waals surface area (Å²) in [6.45, 7) is 7.32. The number of allylic oxidation sites excluding steroid dienone is 4. The van der Waals surface area contributed by atoms with Gasteiger partial charge in [0, 0.05) is 25.7 Å². The Hall–Kier alpha value is -2.46. The lowest BCUT2D eigenvalue weighted by atomic mass is 10.0. The lowest BCUT2D eigenvalue weighted by molar-refractivity contribution is -0.161. The summed E-state index contributed by atoms with van der Waals surface area (Å²) in [6, 6.07) is 0. The van der Waals surface area contributed by atoms with Crippen LogP contribution in [-0.2, 0) is 65.4 Å². The Balaban J connectivity index is 5.29. The van der Waals surface area contributed by atoms with E-state index < -0.39 is 97.5 Å². The predicted molar refractivity (Wildman–Crippen MR) is 428 cm³/mol. The molecule has 0 rings (SSSR count). The maximum Gasteiger partial charge on any atom is 0.472 e. The van der Waals surface area contributed by atoms with Crippen molar-refractivity contribution in [2.45, 2.75) is 451 Å². The molecule has 0 aromatic carbocycles. The van der Waals surface area contributed by atoms with Gasteiger partial charge in [-0.1, -0.05) is 380 Å². The Morgan fingerprint density at radius 3 is 0.788 bits per heavy atom. The third kappa shape index (κ3) is 77.7. The van der Waals surface area contributed by atoms with Gasteiger partial charge in [-0.15, -0.1) is 0 Å². The van der Waals surface area contributed by atoms with Crippen molar-refractivity contribution in [1.29, 1.82) is 0 Å². The molecule has 0 saturated heterocycles. The first-order valence-electron chi connectivity index (χ1n) is 43.5. The van der Waals surface area contributed by atoms with Crippen LogP contribution in [0.25, 0.3) is 0 Å². The van der Waals surface area contributed by atoms with Crippen LogP contribution in [0.3, 0.4) is 0 Å². The van der Waals surface area contributed by atoms with Gasteiger partial charge < -0.3 is 33.8 Å². The summed E-state index contributed by atoms with van der Waals surface area (Å²) in [5, 5.41) is 10.7. The first-order chi connectivity index (χ1) is 50.5. The van der Waals surface area contributed by atoms with Crippen molar-refractivity contribution in [3.05, 3.63) is 24.3 Å². The molecule has 0 heterocycles. The molecule has 5 atom stereocenters.